The third-order valence-electron chi connectivity index (χ3n) is 2.46. The zero-order chi connectivity index (χ0) is 13.8. The van der Waals surface area contributed by atoms with Crippen LogP contribution in [-0.2, 0) is 0 Å². The normalized spacial score (nSPS) is 11.3. The molecule has 2 aromatic carbocycles. The van der Waals surface area contributed by atoms with Crippen LogP contribution in [-0.4, -0.2) is 15.9 Å². The topological polar surface area (TPSA) is 69.2 Å². The van der Waals surface area contributed by atoms with Crippen LogP contribution in [0, 0.1) is 15.3 Å². The molecule has 0 radical (unpaired) electrons. The van der Waals surface area contributed by atoms with Crippen molar-refractivity contribution >= 4 is 29.2 Å². The van der Waals surface area contributed by atoms with E-state index in [0.717, 1.165) is 6.21 Å². The van der Waals surface area contributed by atoms with E-state index in [0.29, 0.717) is 10.4 Å². The standard InChI is InChI=1S/C13H9ClN2O3/c14-11-7-6-10(13(8-11)16(18)19)9-15(17)12-4-2-1-3-5-12/h1-9H. The zero-order valence-corrected chi connectivity index (χ0v) is 10.4. The Kier molecular flexibility index (Phi) is 3.77. The van der Waals surface area contributed by atoms with E-state index < -0.39 is 4.92 Å². The van der Waals surface area contributed by atoms with Crippen molar-refractivity contribution in [3.8, 4) is 0 Å². The predicted octanol–water partition coefficient (Wildman–Crippen LogP) is 3.51. The first-order valence-electron chi connectivity index (χ1n) is 5.38. The van der Waals surface area contributed by atoms with Crippen LogP contribution >= 0.6 is 11.6 Å². The third kappa shape index (κ3) is 3.08. The second-order valence-corrected chi connectivity index (χ2v) is 4.19. The molecular weight excluding hydrogens is 268 g/mol. The van der Waals surface area contributed by atoms with Gasteiger partial charge in [-0.05, 0) is 12.1 Å². The predicted molar refractivity (Wildman–Crippen MR) is 73.0 cm³/mol. The molecular formula is C13H9ClN2O3. The van der Waals surface area contributed by atoms with E-state index in [1.54, 1.807) is 30.3 Å². The average molecular weight is 277 g/mol. The van der Waals surface area contributed by atoms with Crippen molar-refractivity contribution in [2.75, 3.05) is 0 Å². The maximum absolute atomic E-state index is 11.9. The Morgan fingerprint density at radius 2 is 1.74 bits per heavy atom. The molecule has 0 atom stereocenters. The Bertz CT molecular complexity index is 642. The van der Waals surface area contributed by atoms with Crippen LogP contribution in [0.2, 0.25) is 5.02 Å². The average Bonchev–Trinajstić information content (AvgIpc) is 2.41. The van der Waals surface area contributed by atoms with Crippen LogP contribution in [0.3, 0.4) is 0 Å². The highest BCUT2D eigenvalue weighted by atomic mass is 35.5. The smallest absolute Gasteiger partial charge is 0.284 e. The summed E-state index contributed by atoms with van der Waals surface area (Å²) in [5.74, 6) is 0. The van der Waals surface area contributed by atoms with Gasteiger partial charge >= 0.3 is 0 Å². The van der Waals surface area contributed by atoms with Gasteiger partial charge in [0, 0.05) is 23.2 Å². The summed E-state index contributed by atoms with van der Waals surface area (Å²) in [6, 6.07) is 12.6. The van der Waals surface area contributed by atoms with E-state index in [4.69, 9.17) is 11.6 Å². The van der Waals surface area contributed by atoms with Gasteiger partial charge in [0.25, 0.3) is 5.69 Å². The Balaban J connectivity index is 2.46. The molecule has 0 saturated carbocycles. The maximum atomic E-state index is 11.9. The van der Waals surface area contributed by atoms with Crippen molar-refractivity contribution in [3.05, 3.63) is 74.4 Å². The Morgan fingerprint density at radius 1 is 1.05 bits per heavy atom. The molecule has 0 aromatic heterocycles. The first-order valence-corrected chi connectivity index (χ1v) is 5.76. The van der Waals surface area contributed by atoms with Crippen LogP contribution in [0.1, 0.15) is 5.56 Å². The monoisotopic (exact) mass is 276 g/mol. The molecule has 0 saturated heterocycles. The Morgan fingerprint density at radius 3 is 2.37 bits per heavy atom. The van der Waals surface area contributed by atoms with Crippen molar-refractivity contribution in [1.29, 1.82) is 0 Å². The van der Waals surface area contributed by atoms with Gasteiger partial charge in [-0.15, -0.1) is 0 Å². The van der Waals surface area contributed by atoms with E-state index in [2.05, 4.69) is 0 Å². The number of benzene rings is 2. The van der Waals surface area contributed by atoms with E-state index >= 15 is 0 Å². The number of nitro groups is 1. The summed E-state index contributed by atoms with van der Waals surface area (Å²) in [4.78, 5) is 10.3. The second kappa shape index (κ2) is 5.49. The summed E-state index contributed by atoms with van der Waals surface area (Å²) in [6.07, 6.45) is 1.16. The van der Waals surface area contributed by atoms with Gasteiger partial charge in [0.2, 0.25) is 5.69 Å². The lowest BCUT2D eigenvalue weighted by Gasteiger charge is -2.03. The van der Waals surface area contributed by atoms with Gasteiger partial charge in [-0.25, -0.2) is 0 Å². The fourth-order valence-corrected chi connectivity index (χ4v) is 1.73. The summed E-state index contributed by atoms with van der Waals surface area (Å²) >= 11 is 5.70. The quantitative estimate of drug-likeness (QED) is 0.283. The van der Waals surface area contributed by atoms with Gasteiger partial charge in [0.1, 0.15) is 5.56 Å². The number of hydrogen-bond acceptors (Lipinski definition) is 3. The molecule has 0 aliphatic carbocycles. The lowest BCUT2D eigenvalue weighted by atomic mass is 10.2. The first-order chi connectivity index (χ1) is 9.08. The highest BCUT2D eigenvalue weighted by Crippen LogP contribution is 2.22. The number of hydrogen-bond donors (Lipinski definition) is 0. The molecule has 0 heterocycles. The number of para-hydroxylation sites is 1. The Hall–Kier alpha value is -2.40. The molecule has 6 heteroatoms. The molecule has 0 bridgehead atoms. The first kappa shape index (κ1) is 13.0. The van der Waals surface area contributed by atoms with Crippen molar-refractivity contribution in [2.24, 2.45) is 0 Å². The highest BCUT2D eigenvalue weighted by Gasteiger charge is 2.15. The molecule has 0 aliphatic heterocycles. The fraction of sp³-hybridized carbons (Fsp3) is 0. The van der Waals surface area contributed by atoms with Crippen molar-refractivity contribution in [2.45, 2.75) is 0 Å². The van der Waals surface area contributed by atoms with Crippen LogP contribution < -0.4 is 0 Å². The minimum atomic E-state index is -0.573. The molecule has 0 aliphatic rings. The van der Waals surface area contributed by atoms with E-state index in [-0.39, 0.29) is 16.3 Å². The zero-order valence-electron chi connectivity index (χ0n) is 9.69. The molecule has 0 N–H and O–H groups in total. The van der Waals surface area contributed by atoms with Crippen LogP contribution in [0.5, 0.6) is 0 Å². The number of halogens is 1. The molecule has 2 rings (SSSR count). The van der Waals surface area contributed by atoms with Gasteiger partial charge in [0.15, 0.2) is 6.21 Å². The summed E-state index contributed by atoms with van der Waals surface area (Å²) in [5, 5.41) is 23.0. The third-order valence-corrected chi connectivity index (χ3v) is 2.69. The second-order valence-electron chi connectivity index (χ2n) is 3.75. The molecule has 0 unspecified atom stereocenters. The van der Waals surface area contributed by atoms with Gasteiger partial charge in [-0.1, -0.05) is 29.8 Å². The largest absolute Gasteiger partial charge is 0.618 e. The van der Waals surface area contributed by atoms with Gasteiger partial charge in [0.05, 0.1) is 4.92 Å². The lowest BCUT2D eigenvalue weighted by Crippen LogP contribution is -2.02. The lowest BCUT2D eigenvalue weighted by molar-refractivity contribution is -0.386. The van der Waals surface area contributed by atoms with E-state index in [1.807, 2.05) is 0 Å². The SMILES string of the molecule is O=[N+]([O-])c1cc(Cl)ccc1C=[N+]([O-])c1ccccc1. The molecule has 19 heavy (non-hydrogen) atoms. The van der Waals surface area contributed by atoms with E-state index in [9.17, 15) is 15.3 Å². The molecule has 0 spiro atoms. The highest BCUT2D eigenvalue weighted by molar-refractivity contribution is 6.30. The van der Waals surface area contributed by atoms with Crippen LogP contribution in [0.4, 0.5) is 11.4 Å². The molecule has 96 valence electrons. The molecule has 0 amide bonds. The van der Waals surface area contributed by atoms with Gasteiger partial charge < -0.3 is 5.21 Å². The minimum absolute atomic E-state index is 0.202. The number of nitro benzene ring substituents is 1. The van der Waals surface area contributed by atoms with Crippen LogP contribution in [0.25, 0.3) is 0 Å². The fourth-order valence-electron chi connectivity index (χ4n) is 1.56. The van der Waals surface area contributed by atoms with E-state index in [1.165, 1.54) is 18.2 Å². The van der Waals surface area contributed by atoms with Gasteiger partial charge in [-0.3, -0.25) is 10.1 Å². The number of nitrogens with zero attached hydrogens (tertiary/aromatic N) is 2. The maximum Gasteiger partial charge on any atom is 0.284 e. The minimum Gasteiger partial charge on any atom is -0.618 e. The summed E-state index contributed by atoms with van der Waals surface area (Å²) < 4.78 is 0.580. The summed E-state index contributed by atoms with van der Waals surface area (Å²) in [5.41, 5.74) is 0.393. The van der Waals surface area contributed by atoms with Gasteiger partial charge in [-0.2, -0.15) is 4.74 Å². The molecule has 2 aromatic rings. The van der Waals surface area contributed by atoms with Crippen LogP contribution in [0.15, 0.2) is 48.5 Å². The Labute approximate surface area is 114 Å². The van der Waals surface area contributed by atoms with Crippen molar-refractivity contribution in [3.63, 3.8) is 0 Å². The molecule has 0 fully saturated rings. The molecule has 5 nitrogen and oxygen atoms in total. The number of rotatable bonds is 3. The van der Waals surface area contributed by atoms with Crippen molar-refractivity contribution < 1.29 is 9.66 Å². The summed E-state index contributed by atoms with van der Waals surface area (Å²) in [6.45, 7) is 0. The summed E-state index contributed by atoms with van der Waals surface area (Å²) in [7, 11) is 0. The van der Waals surface area contributed by atoms with Crippen molar-refractivity contribution in [1.82, 2.24) is 0 Å².